The van der Waals surface area contributed by atoms with Gasteiger partial charge in [-0.05, 0) is 128 Å². The normalized spacial score (nSPS) is 13.4. The Morgan fingerprint density at radius 2 is 0.586 bits per heavy atom. The molecular weight excluding hydrogens is 865 g/mol. The lowest BCUT2D eigenvalue weighted by Gasteiger charge is -2.18. The molecule has 0 radical (unpaired) electrons. The van der Waals surface area contributed by atoms with Gasteiger partial charge < -0.3 is 14.2 Å². The van der Waals surface area contributed by atoms with E-state index in [2.05, 4.69) is 167 Å². The maximum atomic E-state index is 12.8. The number of ether oxygens (including phenoxy) is 3. The van der Waals surface area contributed by atoms with Crippen LogP contribution in [0, 0.1) is 0 Å². The van der Waals surface area contributed by atoms with Gasteiger partial charge in [-0.1, -0.05) is 217 Å². The van der Waals surface area contributed by atoms with Crippen molar-refractivity contribution in [3.05, 3.63) is 158 Å². The van der Waals surface area contributed by atoms with Crippen molar-refractivity contribution in [1.29, 1.82) is 0 Å². The molecule has 0 aromatic rings. The van der Waals surface area contributed by atoms with E-state index in [-0.39, 0.29) is 31.6 Å². The summed E-state index contributed by atoms with van der Waals surface area (Å²) in [4.78, 5) is 38.0. The van der Waals surface area contributed by atoms with E-state index in [9.17, 15) is 14.4 Å². The number of carbonyl (C=O) groups excluding carboxylic acids is 3. The van der Waals surface area contributed by atoms with E-state index in [0.717, 1.165) is 148 Å². The number of allylic oxidation sites excluding steroid dienone is 26. The fraction of sp³-hybridized carbons (Fsp3) is 0.547. The Kier molecular flexibility index (Phi) is 52.6. The molecule has 0 aromatic heterocycles. The number of hydrogen-bond donors (Lipinski definition) is 0. The van der Waals surface area contributed by atoms with E-state index in [1.807, 2.05) is 12.2 Å². The summed E-state index contributed by atoms with van der Waals surface area (Å²) in [6.07, 6.45) is 82.5. The van der Waals surface area contributed by atoms with Gasteiger partial charge >= 0.3 is 17.9 Å². The molecule has 0 aromatic carbocycles. The number of hydrogen-bond acceptors (Lipinski definition) is 6. The van der Waals surface area contributed by atoms with Gasteiger partial charge in [0.1, 0.15) is 13.2 Å². The maximum Gasteiger partial charge on any atom is 0.306 e. The van der Waals surface area contributed by atoms with Crippen LogP contribution in [-0.2, 0) is 28.6 Å². The van der Waals surface area contributed by atoms with Gasteiger partial charge in [-0.2, -0.15) is 0 Å². The van der Waals surface area contributed by atoms with Gasteiger partial charge in [0.25, 0.3) is 0 Å². The molecule has 0 aliphatic carbocycles. The predicted molar refractivity (Wildman–Crippen MR) is 302 cm³/mol. The molecule has 0 heterocycles. The van der Waals surface area contributed by atoms with Crippen molar-refractivity contribution in [2.24, 2.45) is 0 Å². The van der Waals surface area contributed by atoms with E-state index < -0.39 is 12.1 Å². The molecule has 0 rings (SSSR count). The standard InChI is InChI=1S/C64H98O6/c1-4-7-10-13-16-19-22-24-26-28-30-31-32-33-35-36-38-40-42-45-48-51-54-57-63(66)69-60-61(59-68-62(65)56-53-50-47-44-21-18-15-12-9-6-3)70-64(67)58-55-52-49-46-43-41-39-37-34-29-27-25-23-20-17-14-11-8-5-2/h7-8,10-12,15-17,19-20,24-27,30-31,33-35,37-38,40-41,43,49,52,61H,4-6,9,13-14,18,21-23,28-29,32,36,39,42,44-48,50-51,53-60H2,1-3H3/b10-7-,11-8-,15-12-,19-16-,20-17-,26-24-,27-25-,31-30-,35-33-,37-34-,40-38-,43-41-,52-49-. The summed E-state index contributed by atoms with van der Waals surface area (Å²) >= 11 is 0. The summed E-state index contributed by atoms with van der Waals surface area (Å²) < 4.78 is 16.7. The molecule has 390 valence electrons. The van der Waals surface area contributed by atoms with Crippen LogP contribution in [-0.4, -0.2) is 37.2 Å². The van der Waals surface area contributed by atoms with Crippen molar-refractivity contribution in [3.63, 3.8) is 0 Å². The number of esters is 3. The number of unbranched alkanes of at least 4 members (excludes halogenated alkanes) is 10. The van der Waals surface area contributed by atoms with Crippen LogP contribution >= 0.6 is 0 Å². The Bertz CT molecular complexity index is 1620. The highest BCUT2D eigenvalue weighted by Gasteiger charge is 2.19. The Balaban J connectivity index is 4.52. The summed E-state index contributed by atoms with van der Waals surface area (Å²) in [6.45, 7) is 6.23. The molecule has 0 aliphatic heterocycles. The first-order valence-electron chi connectivity index (χ1n) is 27.5. The van der Waals surface area contributed by atoms with Crippen LogP contribution in [0.2, 0.25) is 0 Å². The summed E-state index contributed by atoms with van der Waals surface area (Å²) in [5, 5.41) is 0. The smallest absolute Gasteiger partial charge is 0.306 e. The molecule has 0 amide bonds. The zero-order chi connectivity index (χ0) is 50.7. The van der Waals surface area contributed by atoms with Crippen molar-refractivity contribution in [3.8, 4) is 0 Å². The molecule has 0 aliphatic rings. The lowest BCUT2D eigenvalue weighted by molar-refractivity contribution is -0.166. The fourth-order valence-corrected chi connectivity index (χ4v) is 6.71. The molecule has 0 saturated heterocycles. The summed E-state index contributed by atoms with van der Waals surface area (Å²) in [6, 6.07) is 0. The molecule has 6 nitrogen and oxygen atoms in total. The van der Waals surface area contributed by atoms with Crippen molar-refractivity contribution in [2.75, 3.05) is 13.2 Å². The van der Waals surface area contributed by atoms with Crippen LogP contribution in [0.3, 0.4) is 0 Å². The molecule has 0 saturated carbocycles. The molecule has 0 bridgehead atoms. The Hall–Kier alpha value is -4.97. The average molecular weight is 963 g/mol. The highest BCUT2D eigenvalue weighted by atomic mass is 16.6. The first-order chi connectivity index (χ1) is 34.5. The van der Waals surface area contributed by atoms with E-state index in [1.165, 1.54) is 12.8 Å². The van der Waals surface area contributed by atoms with Crippen LogP contribution in [0.4, 0.5) is 0 Å². The molecule has 1 unspecified atom stereocenters. The third-order valence-corrected chi connectivity index (χ3v) is 10.7. The van der Waals surface area contributed by atoms with Gasteiger partial charge in [0.2, 0.25) is 0 Å². The maximum absolute atomic E-state index is 12.8. The number of carbonyl (C=O) groups is 3. The third-order valence-electron chi connectivity index (χ3n) is 10.7. The second-order valence-electron chi connectivity index (χ2n) is 17.4. The first-order valence-corrected chi connectivity index (χ1v) is 27.5. The highest BCUT2D eigenvalue weighted by Crippen LogP contribution is 2.11. The fourth-order valence-electron chi connectivity index (χ4n) is 6.71. The zero-order valence-electron chi connectivity index (χ0n) is 44.5. The van der Waals surface area contributed by atoms with Gasteiger partial charge in [-0.25, -0.2) is 0 Å². The second kappa shape index (κ2) is 56.6. The summed E-state index contributed by atoms with van der Waals surface area (Å²) in [7, 11) is 0. The Labute approximate surface area is 429 Å². The van der Waals surface area contributed by atoms with Crippen molar-refractivity contribution in [2.45, 2.75) is 213 Å². The van der Waals surface area contributed by atoms with E-state index in [4.69, 9.17) is 14.2 Å². The van der Waals surface area contributed by atoms with E-state index >= 15 is 0 Å². The Morgan fingerprint density at radius 1 is 0.300 bits per heavy atom. The van der Waals surface area contributed by atoms with Crippen molar-refractivity contribution < 1.29 is 28.6 Å². The van der Waals surface area contributed by atoms with Crippen LogP contribution < -0.4 is 0 Å². The minimum atomic E-state index is -0.840. The van der Waals surface area contributed by atoms with Crippen molar-refractivity contribution >= 4 is 17.9 Å². The molecule has 0 N–H and O–H groups in total. The Morgan fingerprint density at radius 3 is 0.943 bits per heavy atom. The summed E-state index contributed by atoms with van der Waals surface area (Å²) in [5.74, 6) is -1.06. The third kappa shape index (κ3) is 54.0. The first kappa shape index (κ1) is 65.0. The predicted octanol–water partition coefficient (Wildman–Crippen LogP) is 18.6. The van der Waals surface area contributed by atoms with E-state index in [0.29, 0.717) is 19.3 Å². The quantitative estimate of drug-likeness (QED) is 0.0262. The van der Waals surface area contributed by atoms with E-state index in [1.54, 1.807) is 0 Å². The van der Waals surface area contributed by atoms with Gasteiger partial charge in [-0.3, -0.25) is 14.4 Å². The highest BCUT2D eigenvalue weighted by molar-refractivity contribution is 5.71. The molecular formula is C64H98O6. The van der Waals surface area contributed by atoms with Gasteiger partial charge in [0.15, 0.2) is 6.10 Å². The largest absolute Gasteiger partial charge is 0.462 e. The zero-order valence-corrected chi connectivity index (χ0v) is 44.5. The van der Waals surface area contributed by atoms with Crippen LogP contribution in [0.15, 0.2) is 158 Å². The van der Waals surface area contributed by atoms with Gasteiger partial charge in [0, 0.05) is 19.3 Å². The molecule has 70 heavy (non-hydrogen) atoms. The molecule has 1 atom stereocenters. The van der Waals surface area contributed by atoms with Crippen LogP contribution in [0.25, 0.3) is 0 Å². The second-order valence-corrected chi connectivity index (χ2v) is 17.4. The topological polar surface area (TPSA) is 78.9 Å². The van der Waals surface area contributed by atoms with Crippen LogP contribution in [0.1, 0.15) is 207 Å². The average Bonchev–Trinajstić information content (AvgIpc) is 3.36. The lowest BCUT2D eigenvalue weighted by atomic mass is 10.1. The van der Waals surface area contributed by atoms with Gasteiger partial charge in [0.05, 0.1) is 0 Å². The molecule has 0 fully saturated rings. The van der Waals surface area contributed by atoms with Crippen molar-refractivity contribution in [1.82, 2.24) is 0 Å². The molecule has 0 spiro atoms. The minimum absolute atomic E-state index is 0.129. The lowest BCUT2D eigenvalue weighted by Crippen LogP contribution is -2.30. The number of rotatable bonds is 47. The summed E-state index contributed by atoms with van der Waals surface area (Å²) in [5.41, 5.74) is 0. The molecule has 6 heteroatoms. The van der Waals surface area contributed by atoms with Gasteiger partial charge in [-0.15, -0.1) is 0 Å². The SMILES string of the molecule is CC/C=C\C/C=C\C/C=C\C/C=C\C/C=C\C/C=C\CCCCCCC(=O)OCC(COC(=O)CCCCCCC/C=C\CCC)OC(=O)CC/C=C\C/C=C\C/C=C\C/C=C\C/C=C\C/C=C\CC. The monoisotopic (exact) mass is 963 g/mol. The van der Waals surface area contributed by atoms with Crippen LogP contribution in [0.5, 0.6) is 0 Å². The minimum Gasteiger partial charge on any atom is -0.462 e.